The summed E-state index contributed by atoms with van der Waals surface area (Å²) >= 11 is 5.26. The van der Waals surface area contributed by atoms with Crippen LogP contribution in [0.1, 0.15) is 27.6 Å². The van der Waals surface area contributed by atoms with E-state index in [2.05, 4.69) is 41.1 Å². The Balaban J connectivity index is 1.94. The molecule has 1 aromatic heterocycles. The summed E-state index contributed by atoms with van der Waals surface area (Å²) in [7, 11) is 0. The Labute approximate surface area is 119 Å². The van der Waals surface area contributed by atoms with Crippen molar-refractivity contribution < 1.29 is 4.74 Å². The van der Waals surface area contributed by atoms with Crippen molar-refractivity contribution in [3.05, 3.63) is 49.6 Å². The summed E-state index contributed by atoms with van der Waals surface area (Å²) in [5.41, 5.74) is 10.0. The first-order valence-electron chi connectivity index (χ1n) is 5.92. The predicted molar refractivity (Wildman–Crippen MR) is 78.4 cm³/mol. The molecule has 1 aliphatic rings. The number of halogens is 1. The summed E-state index contributed by atoms with van der Waals surface area (Å²) in [6.45, 7) is 2.88. The number of rotatable bonds is 2. The highest BCUT2D eigenvalue weighted by atomic mass is 79.9. The molecular weight excluding hydrogens is 310 g/mol. The SMILES string of the molecule is Cc1cc(C(N)c2ccc3c(c2)CCO3)sc1Br. The lowest BCUT2D eigenvalue weighted by Crippen LogP contribution is -2.10. The number of hydrogen-bond acceptors (Lipinski definition) is 3. The molecule has 0 radical (unpaired) electrons. The van der Waals surface area contributed by atoms with Gasteiger partial charge >= 0.3 is 0 Å². The van der Waals surface area contributed by atoms with Gasteiger partial charge in [0.25, 0.3) is 0 Å². The molecule has 94 valence electrons. The van der Waals surface area contributed by atoms with E-state index < -0.39 is 0 Å². The molecule has 0 saturated carbocycles. The summed E-state index contributed by atoms with van der Waals surface area (Å²) in [5.74, 6) is 1.01. The Morgan fingerprint density at radius 2 is 2.22 bits per heavy atom. The van der Waals surface area contributed by atoms with Gasteiger partial charge in [0.1, 0.15) is 5.75 Å². The van der Waals surface area contributed by atoms with Crippen LogP contribution >= 0.6 is 27.3 Å². The van der Waals surface area contributed by atoms with Gasteiger partial charge < -0.3 is 10.5 Å². The maximum Gasteiger partial charge on any atom is 0.122 e. The normalized spacial score (nSPS) is 15.3. The summed E-state index contributed by atoms with van der Waals surface area (Å²) in [6.07, 6.45) is 0.989. The van der Waals surface area contributed by atoms with Crippen molar-refractivity contribution in [2.45, 2.75) is 19.4 Å². The van der Waals surface area contributed by atoms with E-state index in [1.165, 1.54) is 16.0 Å². The molecule has 1 aliphatic heterocycles. The van der Waals surface area contributed by atoms with Gasteiger partial charge in [-0.3, -0.25) is 0 Å². The van der Waals surface area contributed by atoms with Gasteiger partial charge in [-0.2, -0.15) is 0 Å². The number of hydrogen-bond donors (Lipinski definition) is 1. The average molecular weight is 324 g/mol. The molecule has 18 heavy (non-hydrogen) atoms. The van der Waals surface area contributed by atoms with Crippen molar-refractivity contribution in [2.24, 2.45) is 5.73 Å². The van der Waals surface area contributed by atoms with Crippen LogP contribution in [-0.4, -0.2) is 6.61 Å². The fourth-order valence-corrected chi connectivity index (χ4v) is 3.80. The van der Waals surface area contributed by atoms with Crippen molar-refractivity contribution in [2.75, 3.05) is 6.61 Å². The van der Waals surface area contributed by atoms with E-state index in [-0.39, 0.29) is 6.04 Å². The lowest BCUT2D eigenvalue weighted by atomic mass is 10.0. The van der Waals surface area contributed by atoms with E-state index in [0.717, 1.165) is 28.1 Å². The molecule has 1 atom stereocenters. The molecule has 0 bridgehead atoms. The Kier molecular flexibility index (Phi) is 3.18. The van der Waals surface area contributed by atoms with Crippen LogP contribution in [0, 0.1) is 6.92 Å². The lowest BCUT2D eigenvalue weighted by molar-refractivity contribution is 0.357. The topological polar surface area (TPSA) is 35.2 Å². The molecule has 3 rings (SSSR count). The van der Waals surface area contributed by atoms with Gasteiger partial charge in [-0.15, -0.1) is 11.3 Å². The molecule has 0 saturated heterocycles. The van der Waals surface area contributed by atoms with Crippen LogP contribution in [0.4, 0.5) is 0 Å². The van der Waals surface area contributed by atoms with Crippen LogP contribution in [-0.2, 0) is 6.42 Å². The number of nitrogens with two attached hydrogens (primary N) is 1. The van der Waals surface area contributed by atoms with Crippen molar-refractivity contribution in [3.63, 3.8) is 0 Å². The van der Waals surface area contributed by atoms with Gasteiger partial charge in [0.05, 0.1) is 16.4 Å². The summed E-state index contributed by atoms with van der Waals surface area (Å²) in [4.78, 5) is 1.19. The molecule has 0 aliphatic carbocycles. The minimum atomic E-state index is -0.0501. The second-order valence-electron chi connectivity index (χ2n) is 4.55. The first kappa shape index (κ1) is 12.2. The second kappa shape index (κ2) is 4.68. The smallest absolute Gasteiger partial charge is 0.122 e. The zero-order valence-electron chi connectivity index (χ0n) is 10.1. The van der Waals surface area contributed by atoms with E-state index in [4.69, 9.17) is 10.5 Å². The molecule has 2 heterocycles. The fraction of sp³-hybridized carbons (Fsp3) is 0.286. The predicted octanol–water partition coefficient (Wildman–Crippen LogP) is 3.80. The molecule has 0 spiro atoms. The Morgan fingerprint density at radius 3 is 2.94 bits per heavy atom. The Hall–Kier alpha value is -0.840. The van der Waals surface area contributed by atoms with Gasteiger partial charge in [0.2, 0.25) is 0 Å². The third-order valence-electron chi connectivity index (χ3n) is 3.26. The van der Waals surface area contributed by atoms with Crippen LogP contribution in [0.5, 0.6) is 5.75 Å². The quantitative estimate of drug-likeness (QED) is 0.912. The van der Waals surface area contributed by atoms with E-state index in [9.17, 15) is 0 Å². The van der Waals surface area contributed by atoms with Crippen molar-refractivity contribution in [3.8, 4) is 5.75 Å². The monoisotopic (exact) mass is 323 g/mol. The number of aryl methyl sites for hydroxylation is 1. The highest BCUT2D eigenvalue weighted by molar-refractivity contribution is 9.11. The molecule has 1 aromatic carbocycles. The van der Waals surface area contributed by atoms with E-state index >= 15 is 0 Å². The molecule has 0 fully saturated rings. The molecule has 2 nitrogen and oxygen atoms in total. The summed E-state index contributed by atoms with van der Waals surface area (Å²) in [6, 6.07) is 8.38. The van der Waals surface area contributed by atoms with Gasteiger partial charge in [0.15, 0.2) is 0 Å². The van der Waals surface area contributed by atoms with Crippen LogP contribution < -0.4 is 10.5 Å². The number of thiophene rings is 1. The van der Waals surface area contributed by atoms with Crippen LogP contribution in [0.15, 0.2) is 28.1 Å². The third-order valence-corrected chi connectivity index (χ3v) is 5.48. The maximum absolute atomic E-state index is 6.34. The zero-order chi connectivity index (χ0) is 12.7. The van der Waals surface area contributed by atoms with Crippen molar-refractivity contribution >= 4 is 27.3 Å². The zero-order valence-corrected chi connectivity index (χ0v) is 12.5. The third kappa shape index (κ3) is 2.09. The van der Waals surface area contributed by atoms with Crippen LogP contribution in [0.2, 0.25) is 0 Å². The summed E-state index contributed by atoms with van der Waals surface area (Å²) < 4.78 is 6.68. The van der Waals surface area contributed by atoms with Crippen LogP contribution in [0.25, 0.3) is 0 Å². The number of ether oxygens (including phenoxy) is 1. The minimum absolute atomic E-state index is 0.0501. The highest BCUT2D eigenvalue weighted by Gasteiger charge is 2.17. The Bertz CT molecular complexity index is 574. The van der Waals surface area contributed by atoms with Crippen molar-refractivity contribution in [1.29, 1.82) is 0 Å². The molecule has 0 amide bonds. The second-order valence-corrected chi connectivity index (χ2v) is 6.95. The first-order valence-corrected chi connectivity index (χ1v) is 7.53. The largest absolute Gasteiger partial charge is 0.493 e. The standard InChI is InChI=1S/C14H14BrNOS/c1-8-6-12(18-14(8)15)13(16)10-2-3-11-9(7-10)4-5-17-11/h2-3,6-7,13H,4-5,16H2,1H3. The first-order chi connectivity index (χ1) is 8.65. The maximum atomic E-state index is 6.34. The molecule has 2 aromatic rings. The average Bonchev–Trinajstić information content (AvgIpc) is 2.95. The van der Waals surface area contributed by atoms with E-state index in [1.807, 2.05) is 6.07 Å². The lowest BCUT2D eigenvalue weighted by Gasteiger charge is -2.11. The molecule has 2 N–H and O–H groups in total. The number of benzene rings is 1. The van der Waals surface area contributed by atoms with E-state index in [1.54, 1.807) is 11.3 Å². The van der Waals surface area contributed by atoms with Gasteiger partial charge in [0, 0.05) is 11.3 Å². The van der Waals surface area contributed by atoms with Crippen LogP contribution in [0.3, 0.4) is 0 Å². The Morgan fingerprint density at radius 1 is 1.39 bits per heavy atom. The minimum Gasteiger partial charge on any atom is -0.493 e. The van der Waals surface area contributed by atoms with E-state index in [0.29, 0.717) is 0 Å². The summed E-state index contributed by atoms with van der Waals surface area (Å²) in [5, 5.41) is 0. The molecule has 1 unspecified atom stereocenters. The van der Waals surface area contributed by atoms with Crippen molar-refractivity contribution in [1.82, 2.24) is 0 Å². The fourth-order valence-electron chi connectivity index (χ4n) is 2.20. The molecular formula is C14H14BrNOS. The highest BCUT2D eigenvalue weighted by Crippen LogP contribution is 2.35. The van der Waals surface area contributed by atoms with Gasteiger partial charge in [-0.05, 0) is 51.7 Å². The molecule has 4 heteroatoms. The number of fused-ring (bicyclic) bond motifs is 1. The van der Waals surface area contributed by atoms with Gasteiger partial charge in [-0.1, -0.05) is 12.1 Å². The van der Waals surface area contributed by atoms with Gasteiger partial charge in [-0.25, -0.2) is 0 Å².